The minimum atomic E-state index is -0.380. The van der Waals surface area contributed by atoms with E-state index in [4.69, 9.17) is 8.83 Å². The Hall–Kier alpha value is -3.91. The third kappa shape index (κ3) is 3.44. The molecule has 0 unspecified atom stereocenters. The van der Waals surface area contributed by atoms with Crippen LogP contribution in [0.4, 0.5) is 0 Å². The molecule has 0 spiro atoms. The molecule has 0 saturated heterocycles. The highest BCUT2D eigenvalue weighted by atomic mass is 32.2. The minimum Gasteiger partial charge on any atom is -0.431 e. The lowest BCUT2D eigenvalue weighted by Gasteiger charge is -2.08. The van der Waals surface area contributed by atoms with Crippen LogP contribution in [0.2, 0.25) is 0 Å². The van der Waals surface area contributed by atoms with E-state index < -0.39 is 0 Å². The van der Waals surface area contributed by atoms with Gasteiger partial charge in [-0.15, -0.1) is 5.10 Å². The van der Waals surface area contributed by atoms with Crippen molar-refractivity contribution in [1.82, 2.24) is 20.0 Å². The molecule has 0 fully saturated rings. The number of thioether (sulfide) groups is 1. The van der Waals surface area contributed by atoms with E-state index in [1.165, 1.54) is 17.8 Å². The molecule has 0 amide bonds. The smallest absolute Gasteiger partial charge is 0.336 e. The van der Waals surface area contributed by atoms with Gasteiger partial charge in [-0.3, -0.25) is 0 Å². The van der Waals surface area contributed by atoms with Crippen molar-refractivity contribution in [3.8, 4) is 0 Å². The largest absolute Gasteiger partial charge is 0.431 e. The van der Waals surface area contributed by atoms with E-state index in [1.807, 2.05) is 66.9 Å². The Kier molecular flexibility index (Phi) is 4.50. The SMILES string of the molecule is O=c1cc(Cn2cc(CSc3nc4ccccc4o3)nn2)c2c(ccc3ccccc32)o1. The normalized spacial score (nSPS) is 11.6. The predicted molar refractivity (Wildman–Crippen MR) is 123 cm³/mol. The van der Waals surface area contributed by atoms with Gasteiger partial charge in [0, 0.05) is 23.4 Å². The summed E-state index contributed by atoms with van der Waals surface area (Å²) in [4.78, 5) is 16.6. The van der Waals surface area contributed by atoms with Gasteiger partial charge in [-0.1, -0.05) is 59.4 Å². The van der Waals surface area contributed by atoms with Gasteiger partial charge < -0.3 is 8.83 Å². The summed E-state index contributed by atoms with van der Waals surface area (Å²) in [5.41, 5.74) is 3.43. The first-order valence-corrected chi connectivity index (χ1v) is 11.0. The highest BCUT2D eigenvalue weighted by Crippen LogP contribution is 2.28. The number of oxazole rings is 1. The van der Waals surface area contributed by atoms with Crippen molar-refractivity contribution in [2.75, 3.05) is 0 Å². The fourth-order valence-electron chi connectivity index (χ4n) is 3.85. The second kappa shape index (κ2) is 7.65. The Bertz CT molecular complexity index is 1620. The topological polar surface area (TPSA) is 87.0 Å². The van der Waals surface area contributed by atoms with Crippen molar-refractivity contribution in [3.05, 3.63) is 94.6 Å². The van der Waals surface area contributed by atoms with E-state index in [1.54, 1.807) is 4.68 Å². The maximum Gasteiger partial charge on any atom is 0.336 e. The van der Waals surface area contributed by atoms with Gasteiger partial charge in [0.05, 0.1) is 12.2 Å². The van der Waals surface area contributed by atoms with Gasteiger partial charge in [-0.25, -0.2) is 14.5 Å². The molecular formula is C24H16N4O3S. The van der Waals surface area contributed by atoms with Crippen LogP contribution in [0.25, 0.3) is 32.8 Å². The van der Waals surface area contributed by atoms with E-state index in [-0.39, 0.29) is 5.63 Å². The van der Waals surface area contributed by atoms with Crippen LogP contribution < -0.4 is 5.63 Å². The van der Waals surface area contributed by atoms with Gasteiger partial charge >= 0.3 is 5.63 Å². The summed E-state index contributed by atoms with van der Waals surface area (Å²) in [6.07, 6.45) is 1.88. The van der Waals surface area contributed by atoms with Gasteiger partial charge in [0.15, 0.2) is 5.58 Å². The zero-order valence-corrected chi connectivity index (χ0v) is 17.6. The molecule has 0 radical (unpaired) electrons. The molecule has 6 rings (SSSR count). The first-order valence-electron chi connectivity index (χ1n) is 10.0. The monoisotopic (exact) mass is 440 g/mol. The molecule has 156 valence electrons. The molecule has 0 N–H and O–H groups in total. The van der Waals surface area contributed by atoms with Crippen molar-refractivity contribution in [2.24, 2.45) is 0 Å². The summed E-state index contributed by atoms with van der Waals surface area (Å²) in [6, 6.07) is 21.0. The Labute approximate surface area is 185 Å². The van der Waals surface area contributed by atoms with Crippen molar-refractivity contribution in [1.29, 1.82) is 0 Å². The van der Waals surface area contributed by atoms with Gasteiger partial charge in [0.1, 0.15) is 11.1 Å². The number of para-hydroxylation sites is 2. The summed E-state index contributed by atoms with van der Waals surface area (Å²) < 4.78 is 12.9. The van der Waals surface area contributed by atoms with Crippen LogP contribution in [0.15, 0.2) is 91.8 Å². The first-order chi connectivity index (χ1) is 15.7. The second-order valence-corrected chi connectivity index (χ2v) is 8.32. The van der Waals surface area contributed by atoms with Crippen molar-refractivity contribution in [2.45, 2.75) is 17.5 Å². The number of rotatable bonds is 5. The van der Waals surface area contributed by atoms with Crippen LogP contribution in [0, 0.1) is 0 Å². The standard InChI is InChI=1S/C24H16N4O3S/c29-22-11-16(23-18-6-2-1-5-15(18)9-10-21(23)30-22)12-28-13-17(26-27-28)14-32-24-25-19-7-3-4-8-20(19)31-24/h1-11,13H,12,14H2. The molecule has 8 heteroatoms. The van der Waals surface area contributed by atoms with Crippen LogP contribution in [0.3, 0.4) is 0 Å². The molecule has 0 aliphatic rings. The first kappa shape index (κ1) is 18.8. The average molecular weight is 440 g/mol. The Balaban J connectivity index is 1.28. The van der Waals surface area contributed by atoms with Crippen LogP contribution in [0.5, 0.6) is 0 Å². The maximum absolute atomic E-state index is 12.1. The van der Waals surface area contributed by atoms with Gasteiger partial charge in [0.2, 0.25) is 0 Å². The molecule has 32 heavy (non-hydrogen) atoms. The van der Waals surface area contributed by atoms with E-state index in [2.05, 4.69) is 15.3 Å². The quantitative estimate of drug-likeness (QED) is 0.211. The van der Waals surface area contributed by atoms with E-state index in [0.717, 1.165) is 38.5 Å². The Morgan fingerprint density at radius 2 is 1.81 bits per heavy atom. The number of hydrogen-bond acceptors (Lipinski definition) is 7. The fourth-order valence-corrected chi connectivity index (χ4v) is 4.56. The summed E-state index contributed by atoms with van der Waals surface area (Å²) in [5, 5.41) is 12.2. The lowest BCUT2D eigenvalue weighted by atomic mass is 10.0. The number of benzene rings is 3. The molecule has 0 bridgehead atoms. The maximum atomic E-state index is 12.1. The van der Waals surface area contributed by atoms with Crippen molar-refractivity contribution < 1.29 is 8.83 Å². The van der Waals surface area contributed by atoms with E-state index >= 15 is 0 Å². The van der Waals surface area contributed by atoms with E-state index in [0.29, 0.717) is 23.1 Å². The molecule has 0 atom stereocenters. The van der Waals surface area contributed by atoms with Gasteiger partial charge in [0.25, 0.3) is 5.22 Å². The summed E-state index contributed by atoms with van der Waals surface area (Å²) >= 11 is 1.47. The number of aromatic nitrogens is 4. The van der Waals surface area contributed by atoms with E-state index in [9.17, 15) is 4.79 Å². The zero-order chi connectivity index (χ0) is 21.5. The van der Waals surface area contributed by atoms with Crippen molar-refractivity contribution >= 4 is 44.6 Å². The molecule has 0 saturated carbocycles. The molecule has 7 nitrogen and oxygen atoms in total. The zero-order valence-electron chi connectivity index (χ0n) is 16.8. The minimum absolute atomic E-state index is 0.380. The second-order valence-electron chi connectivity index (χ2n) is 7.39. The highest BCUT2D eigenvalue weighted by molar-refractivity contribution is 7.98. The average Bonchev–Trinajstić information content (AvgIpc) is 3.43. The highest BCUT2D eigenvalue weighted by Gasteiger charge is 2.12. The van der Waals surface area contributed by atoms with Crippen LogP contribution in [-0.4, -0.2) is 20.0 Å². The number of hydrogen-bond donors (Lipinski definition) is 0. The molecule has 3 aromatic heterocycles. The molecular weight excluding hydrogens is 424 g/mol. The third-order valence-corrected chi connectivity index (χ3v) is 6.11. The summed E-state index contributed by atoms with van der Waals surface area (Å²) in [6.45, 7) is 0.413. The third-order valence-electron chi connectivity index (χ3n) is 5.25. The fraction of sp³-hybridized carbons (Fsp3) is 0.0833. The molecule has 6 aromatic rings. The molecule has 3 heterocycles. The van der Waals surface area contributed by atoms with Gasteiger partial charge in [-0.05, 0) is 34.5 Å². The number of fused-ring (bicyclic) bond motifs is 4. The lowest BCUT2D eigenvalue weighted by Crippen LogP contribution is -2.06. The predicted octanol–water partition coefficient (Wildman–Crippen LogP) is 5.02. The summed E-state index contributed by atoms with van der Waals surface area (Å²) in [7, 11) is 0. The number of nitrogens with zero attached hydrogens (tertiary/aromatic N) is 4. The van der Waals surface area contributed by atoms with Crippen LogP contribution >= 0.6 is 11.8 Å². The van der Waals surface area contributed by atoms with Crippen LogP contribution in [-0.2, 0) is 12.3 Å². The van der Waals surface area contributed by atoms with Crippen LogP contribution in [0.1, 0.15) is 11.3 Å². The Morgan fingerprint density at radius 3 is 2.75 bits per heavy atom. The molecule has 0 aliphatic heterocycles. The van der Waals surface area contributed by atoms with Gasteiger partial charge in [-0.2, -0.15) is 0 Å². The van der Waals surface area contributed by atoms with Crippen molar-refractivity contribution in [3.63, 3.8) is 0 Å². The molecule has 3 aromatic carbocycles. The lowest BCUT2D eigenvalue weighted by molar-refractivity contribution is 0.489. The molecule has 0 aliphatic carbocycles. The summed E-state index contributed by atoms with van der Waals surface area (Å²) in [5.74, 6) is 0.577. The Morgan fingerprint density at radius 1 is 0.938 bits per heavy atom.